The summed E-state index contributed by atoms with van der Waals surface area (Å²) in [5.74, 6) is 0. The summed E-state index contributed by atoms with van der Waals surface area (Å²) < 4.78 is 8.28. The Morgan fingerprint density at radius 2 is 2.29 bits per heavy atom. The second kappa shape index (κ2) is 4.85. The summed E-state index contributed by atoms with van der Waals surface area (Å²) in [4.78, 5) is 9.91. The Hall–Kier alpha value is -1.86. The maximum absolute atomic E-state index is 5.29. The third-order valence-electron chi connectivity index (χ3n) is 3.39. The smallest absolute Gasteiger partial charge is 0.213 e. The van der Waals surface area contributed by atoms with Crippen LogP contribution in [0.5, 0.6) is 0 Å². The van der Waals surface area contributed by atoms with Crippen molar-refractivity contribution in [3.05, 3.63) is 30.3 Å². The van der Waals surface area contributed by atoms with Gasteiger partial charge in [-0.1, -0.05) is 30.0 Å². The number of imidazole rings is 1. The lowest BCUT2D eigenvalue weighted by molar-refractivity contribution is 0.602. The fourth-order valence-corrected chi connectivity index (χ4v) is 3.78. The largest absolute Gasteiger partial charge is 0.443 e. The Labute approximate surface area is 129 Å². The molecule has 3 heterocycles. The van der Waals surface area contributed by atoms with Crippen LogP contribution in [-0.2, 0) is 6.42 Å². The van der Waals surface area contributed by atoms with Crippen LogP contribution in [0.2, 0.25) is 0 Å². The van der Waals surface area contributed by atoms with Gasteiger partial charge in [0, 0.05) is 5.56 Å². The number of oxazole rings is 1. The second-order valence-corrected chi connectivity index (χ2v) is 6.57. The summed E-state index contributed by atoms with van der Waals surface area (Å²) >= 11 is 3.26. The fraction of sp³-hybridized carbons (Fsp3) is 0.214. The van der Waals surface area contributed by atoms with Crippen LogP contribution in [-0.4, -0.2) is 25.8 Å². The van der Waals surface area contributed by atoms with E-state index in [0.717, 1.165) is 43.8 Å². The number of nitrogens with zero attached hydrogens (tertiary/aromatic N) is 4. The minimum absolute atomic E-state index is 0.792. The summed E-state index contributed by atoms with van der Waals surface area (Å²) in [5, 5.41) is 4.60. The van der Waals surface area contributed by atoms with Crippen LogP contribution in [0.15, 0.2) is 33.3 Å². The lowest BCUT2D eigenvalue weighted by Crippen LogP contribution is -1.93. The van der Waals surface area contributed by atoms with E-state index in [1.165, 1.54) is 6.39 Å². The molecule has 0 fully saturated rings. The maximum Gasteiger partial charge on any atom is 0.213 e. The molecule has 7 heteroatoms. The van der Waals surface area contributed by atoms with Crippen LogP contribution in [0.3, 0.4) is 0 Å². The molecule has 0 unspecified atom stereocenters. The molecule has 0 aliphatic rings. The topological polar surface area (TPSA) is 56.2 Å². The molecule has 21 heavy (non-hydrogen) atoms. The molecular weight excluding hydrogens is 304 g/mol. The molecule has 3 aromatic heterocycles. The van der Waals surface area contributed by atoms with Gasteiger partial charge in [0.2, 0.25) is 4.96 Å². The van der Waals surface area contributed by atoms with E-state index >= 15 is 0 Å². The first-order valence-electron chi connectivity index (χ1n) is 6.56. The quantitative estimate of drug-likeness (QED) is 0.537. The van der Waals surface area contributed by atoms with Crippen molar-refractivity contribution in [3.8, 4) is 11.3 Å². The normalized spacial score (nSPS) is 11.7. The van der Waals surface area contributed by atoms with Crippen molar-refractivity contribution in [2.24, 2.45) is 0 Å². The van der Waals surface area contributed by atoms with Gasteiger partial charge < -0.3 is 4.42 Å². The van der Waals surface area contributed by atoms with Gasteiger partial charge in [0.15, 0.2) is 16.3 Å². The Morgan fingerprint density at radius 3 is 3.10 bits per heavy atom. The zero-order chi connectivity index (χ0) is 14.4. The summed E-state index contributed by atoms with van der Waals surface area (Å²) in [6, 6.07) is 5.97. The van der Waals surface area contributed by atoms with Crippen molar-refractivity contribution in [2.75, 3.05) is 6.26 Å². The van der Waals surface area contributed by atoms with Crippen molar-refractivity contribution in [2.45, 2.75) is 17.7 Å². The molecule has 0 atom stereocenters. The minimum Gasteiger partial charge on any atom is -0.443 e. The van der Waals surface area contributed by atoms with Gasteiger partial charge in [-0.15, -0.1) is 5.10 Å². The maximum atomic E-state index is 5.29. The molecule has 4 aromatic rings. The van der Waals surface area contributed by atoms with Crippen LogP contribution in [0.4, 0.5) is 0 Å². The third-order valence-corrected chi connectivity index (χ3v) is 5.28. The van der Waals surface area contributed by atoms with Gasteiger partial charge in [-0.25, -0.2) is 14.5 Å². The number of hydrogen-bond acceptors (Lipinski definition) is 6. The number of aryl methyl sites for hydroxylation is 1. The molecule has 1 aromatic carbocycles. The number of aromatic nitrogens is 4. The van der Waals surface area contributed by atoms with Crippen molar-refractivity contribution in [1.82, 2.24) is 19.6 Å². The second-order valence-electron chi connectivity index (χ2n) is 4.56. The molecule has 0 N–H and O–H groups in total. The molecule has 0 spiro atoms. The van der Waals surface area contributed by atoms with Crippen LogP contribution >= 0.6 is 23.1 Å². The van der Waals surface area contributed by atoms with Gasteiger partial charge in [-0.2, -0.15) is 0 Å². The zero-order valence-electron chi connectivity index (χ0n) is 11.5. The Morgan fingerprint density at radius 1 is 1.38 bits per heavy atom. The summed E-state index contributed by atoms with van der Waals surface area (Å²) in [6.07, 6.45) is 4.38. The SMILES string of the molecule is CCc1c(-c2ccc3ocnc3c2)nc2sc(SC)nn12. The molecule has 0 amide bonds. The fourth-order valence-electron chi connectivity index (χ4n) is 2.41. The van der Waals surface area contributed by atoms with E-state index in [1.807, 2.05) is 29.0 Å². The van der Waals surface area contributed by atoms with Gasteiger partial charge in [-0.05, 0) is 30.9 Å². The molecule has 5 nitrogen and oxygen atoms in total. The predicted octanol–water partition coefficient (Wildman–Crippen LogP) is 3.88. The Kier molecular flexibility index (Phi) is 2.97. The van der Waals surface area contributed by atoms with Gasteiger partial charge in [-0.3, -0.25) is 0 Å². The van der Waals surface area contributed by atoms with Crippen LogP contribution in [0.1, 0.15) is 12.6 Å². The van der Waals surface area contributed by atoms with Crippen molar-refractivity contribution < 1.29 is 4.42 Å². The first kappa shape index (κ1) is 12.8. The average molecular weight is 316 g/mol. The predicted molar refractivity (Wildman–Crippen MR) is 85.0 cm³/mol. The van der Waals surface area contributed by atoms with E-state index in [0.29, 0.717) is 0 Å². The molecule has 4 rings (SSSR count). The Bertz CT molecular complexity index is 937. The van der Waals surface area contributed by atoms with Gasteiger partial charge in [0.25, 0.3) is 0 Å². The average Bonchev–Trinajstić information content (AvgIpc) is 3.19. The zero-order valence-corrected chi connectivity index (χ0v) is 13.2. The lowest BCUT2D eigenvalue weighted by atomic mass is 10.1. The van der Waals surface area contributed by atoms with Crippen LogP contribution in [0, 0.1) is 0 Å². The molecule has 0 saturated heterocycles. The number of rotatable bonds is 3. The van der Waals surface area contributed by atoms with E-state index in [4.69, 9.17) is 9.40 Å². The molecule has 0 aliphatic heterocycles. The Balaban J connectivity index is 1.93. The van der Waals surface area contributed by atoms with E-state index in [-0.39, 0.29) is 0 Å². The van der Waals surface area contributed by atoms with E-state index in [1.54, 1.807) is 23.1 Å². The minimum atomic E-state index is 0.792. The monoisotopic (exact) mass is 316 g/mol. The van der Waals surface area contributed by atoms with Crippen molar-refractivity contribution >= 4 is 39.2 Å². The molecular formula is C14H12N4OS2. The van der Waals surface area contributed by atoms with Crippen molar-refractivity contribution in [1.29, 1.82) is 0 Å². The van der Waals surface area contributed by atoms with Crippen LogP contribution < -0.4 is 0 Å². The molecule has 0 bridgehead atoms. The van der Waals surface area contributed by atoms with Crippen molar-refractivity contribution in [3.63, 3.8) is 0 Å². The highest BCUT2D eigenvalue weighted by Gasteiger charge is 2.17. The molecule has 0 radical (unpaired) electrons. The van der Waals surface area contributed by atoms with E-state index in [2.05, 4.69) is 17.0 Å². The number of hydrogen-bond donors (Lipinski definition) is 0. The highest BCUT2D eigenvalue weighted by molar-refractivity contribution is 8.00. The van der Waals surface area contributed by atoms with E-state index < -0.39 is 0 Å². The van der Waals surface area contributed by atoms with E-state index in [9.17, 15) is 0 Å². The van der Waals surface area contributed by atoms with Gasteiger partial charge >= 0.3 is 0 Å². The summed E-state index contributed by atoms with van der Waals surface area (Å²) in [6.45, 7) is 2.12. The highest BCUT2D eigenvalue weighted by Crippen LogP contribution is 2.31. The lowest BCUT2D eigenvalue weighted by Gasteiger charge is -2.01. The number of fused-ring (bicyclic) bond motifs is 2. The van der Waals surface area contributed by atoms with Gasteiger partial charge in [0.1, 0.15) is 5.52 Å². The summed E-state index contributed by atoms with van der Waals surface area (Å²) in [7, 11) is 0. The molecule has 0 saturated carbocycles. The molecule has 0 aliphatic carbocycles. The first-order valence-corrected chi connectivity index (χ1v) is 8.60. The van der Waals surface area contributed by atoms with Gasteiger partial charge in [0.05, 0.1) is 11.4 Å². The summed E-state index contributed by atoms with van der Waals surface area (Å²) in [5.41, 5.74) is 4.80. The molecule has 106 valence electrons. The first-order chi connectivity index (χ1) is 10.3. The standard InChI is InChI=1S/C14H12N4OS2/c1-3-10-12(16-13-18(10)17-14(20-2)21-13)8-4-5-11-9(6-8)15-7-19-11/h4-7H,3H2,1-2H3. The number of thioether (sulfide) groups is 1. The third kappa shape index (κ3) is 1.96. The highest BCUT2D eigenvalue weighted by atomic mass is 32.2. The van der Waals surface area contributed by atoms with Crippen LogP contribution in [0.25, 0.3) is 27.3 Å². The number of benzene rings is 1.